The van der Waals surface area contributed by atoms with E-state index in [2.05, 4.69) is 15.3 Å². The highest BCUT2D eigenvalue weighted by Gasteiger charge is 2.44. The van der Waals surface area contributed by atoms with E-state index in [9.17, 15) is 9.59 Å². The van der Waals surface area contributed by atoms with Crippen molar-refractivity contribution < 1.29 is 14.7 Å². The normalized spacial score (nSPS) is 22.0. The van der Waals surface area contributed by atoms with Gasteiger partial charge in [0.25, 0.3) is 5.91 Å². The van der Waals surface area contributed by atoms with Crippen molar-refractivity contribution in [3.05, 3.63) is 53.6 Å². The second kappa shape index (κ2) is 5.70. The molecule has 2 aliphatic carbocycles. The van der Waals surface area contributed by atoms with Crippen LogP contribution in [0.15, 0.2) is 36.5 Å². The summed E-state index contributed by atoms with van der Waals surface area (Å²) in [4.78, 5) is 31.8. The summed E-state index contributed by atoms with van der Waals surface area (Å²) in [5.74, 6) is -0.0405. The first kappa shape index (κ1) is 14.8. The Labute approximate surface area is 139 Å². The number of carboxylic acid groups (broad SMARTS) is 1. The standard InChI is InChI=1S/C18H17N3O3/c22-17(15-7-8-19-16(21-15)11-1-2-11)20-12-5-3-10(4-6-12)13-9-14(13)18(23)24/h3-8,11,13-14H,1-2,9H2,(H,20,22)(H,23,24)/t13-,14+/m0/s1. The van der Waals surface area contributed by atoms with E-state index < -0.39 is 5.97 Å². The lowest BCUT2D eigenvalue weighted by Crippen LogP contribution is -2.14. The number of carboxylic acids is 1. The molecule has 1 amide bonds. The Balaban J connectivity index is 1.42. The fourth-order valence-electron chi connectivity index (χ4n) is 2.88. The molecule has 2 aromatic rings. The Hall–Kier alpha value is -2.76. The molecule has 2 atom stereocenters. The van der Waals surface area contributed by atoms with Crippen LogP contribution >= 0.6 is 0 Å². The maximum Gasteiger partial charge on any atom is 0.307 e. The van der Waals surface area contributed by atoms with Crippen molar-refractivity contribution in [2.45, 2.75) is 31.1 Å². The van der Waals surface area contributed by atoms with Gasteiger partial charge in [0.2, 0.25) is 0 Å². The molecule has 6 nitrogen and oxygen atoms in total. The van der Waals surface area contributed by atoms with Gasteiger partial charge in [-0.3, -0.25) is 9.59 Å². The largest absolute Gasteiger partial charge is 0.481 e. The minimum atomic E-state index is -0.743. The molecular formula is C18H17N3O3. The molecule has 0 saturated heterocycles. The van der Waals surface area contributed by atoms with Gasteiger partial charge in [-0.05, 0) is 48.9 Å². The Kier molecular flexibility index (Phi) is 3.52. The number of nitrogens with zero attached hydrogens (tertiary/aromatic N) is 2. The number of anilines is 1. The fraction of sp³-hybridized carbons (Fsp3) is 0.333. The Morgan fingerprint density at radius 3 is 2.50 bits per heavy atom. The minimum Gasteiger partial charge on any atom is -0.481 e. The number of aromatic nitrogens is 2. The van der Waals surface area contributed by atoms with E-state index in [4.69, 9.17) is 5.11 Å². The molecule has 0 unspecified atom stereocenters. The van der Waals surface area contributed by atoms with E-state index >= 15 is 0 Å². The summed E-state index contributed by atoms with van der Waals surface area (Å²) in [5, 5.41) is 11.8. The quantitative estimate of drug-likeness (QED) is 0.882. The smallest absolute Gasteiger partial charge is 0.307 e. The molecule has 0 aliphatic heterocycles. The third kappa shape index (κ3) is 2.99. The molecule has 2 aliphatic rings. The van der Waals surface area contributed by atoms with E-state index in [1.54, 1.807) is 24.4 Å². The van der Waals surface area contributed by atoms with Crippen molar-refractivity contribution in [3.8, 4) is 0 Å². The number of hydrogen-bond acceptors (Lipinski definition) is 4. The number of aliphatic carboxylic acids is 1. The third-order valence-electron chi connectivity index (χ3n) is 4.55. The van der Waals surface area contributed by atoms with Gasteiger partial charge in [-0.25, -0.2) is 9.97 Å². The number of nitrogens with one attached hydrogen (secondary N) is 1. The van der Waals surface area contributed by atoms with Crippen molar-refractivity contribution in [1.82, 2.24) is 9.97 Å². The lowest BCUT2D eigenvalue weighted by atomic mass is 10.1. The van der Waals surface area contributed by atoms with Gasteiger partial charge in [0.1, 0.15) is 11.5 Å². The molecule has 2 fully saturated rings. The topological polar surface area (TPSA) is 92.2 Å². The molecule has 2 saturated carbocycles. The average Bonchev–Trinajstić information content (AvgIpc) is 3.48. The minimum absolute atomic E-state index is 0.0928. The number of carbonyl (C=O) groups excluding carboxylic acids is 1. The van der Waals surface area contributed by atoms with Crippen molar-refractivity contribution in [3.63, 3.8) is 0 Å². The van der Waals surface area contributed by atoms with Crippen LogP contribution in [0.25, 0.3) is 0 Å². The second-order valence-electron chi connectivity index (χ2n) is 6.44. The monoisotopic (exact) mass is 323 g/mol. The molecule has 122 valence electrons. The SMILES string of the molecule is O=C(Nc1ccc([C@@H]2C[C@H]2C(=O)O)cc1)c1ccnc(C2CC2)n1. The van der Waals surface area contributed by atoms with Gasteiger partial charge in [-0.15, -0.1) is 0 Å². The van der Waals surface area contributed by atoms with E-state index in [1.807, 2.05) is 12.1 Å². The zero-order valence-electron chi connectivity index (χ0n) is 13.0. The van der Waals surface area contributed by atoms with Crippen LogP contribution in [0, 0.1) is 5.92 Å². The van der Waals surface area contributed by atoms with E-state index in [0.717, 1.165) is 24.2 Å². The highest BCUT2D eigenvalue weighted by molar-refractivity contribution is 6.02. The van der Waals surface area contributed by atoms with E-state index in [1.165, 1.54) is 0 Å². The molecule has 4 rings (SSSR count). The molecule has 0 radical (unpaired) electrons. The van der Waals surface area contributed by atoms with Crippen LogP contribution in [-0.2, 0) is 4.79 Å². The zero-order chi connectivity index (χ0) is 16.7. The molecule has 2 N–H and O–H groups in total. The molecular weight excluding hydrogens is 306 g/mol. The highest BCUT2D eigenvalue weighted by Crippen LogP contribution is 2.47. The molecule has 24 heavy (non-hydrogen) atoms. The van der Waals surface area contributed by atoms with Crippen molar-refractivity contribution in [2.24, 2.45) is 5.92 Å². The predicted octanol–water partition coefficient (Wildman–Crippen LogP) is 2.79. The lowest BCUT2D eigenvalue weighted by Gasteiger charge is -2.07. The predicted molar refractivity (Wildman–Crippen MR) is 86.9 cm³/mol. The molecule has 6 heteroatoms. The van der Waals surface area contributed by atoms with Crippen LogP contribution in [0.3, 0.4) is 0 Å². The lowest BCUT2D eigenvalue weighted by molar-refractivity contribution is -0.138. The summed E-state index contributed by atoms with van der Waals surface area (Å²) in [6.07, 6.45) is 4.49. The van der Waals surface area contributed by atoms with Crippen molar-refractivity contribution in [1.29, 1.82) is 0 Å². The number of rotatable bonds is 5. The summed E-state index contributed by atoms with van der Waals surface area (Å²) in [5.41, 5.74) is 2.03. The van der Waals surface area contributed by atoms with E-state index in [0.29, 0.717) is 23.7 Å². The molecule has 0 bridgehead atoms. The maximum atomic E-state index is 12.3. The van der Waals surface area contributed by atoms with Crippen molar-refractivity contribution in [2.75, 3.05) is 5.32 Å². The van der Waals surface area contributed by atoms with Gasteiger partial charge >= 0.3 is 5.97 Å². The summed E-state index contributed by atoms with van der Waals surface area (Å²) >= 11 is 0. The first-order chi connectivity index (χ1) is 11.6. The summed E-state index contributed by atoms with van der Waals surface area (Å²) in [7, 11) is 0. The van der Waals surface area contributed by atoms with Gasteiger partial charge in [-0.1, -0.05) is 12.1 Å². The van der Waals surface area contributed by atoms with Crippen LogP contribution in [0.1, 0.15) is 53.0 Å². The number of carbonyl (C=O) groups is 2. The first-order valence-electron chi connectivity index (χ1n) is 8.09. The molecule has 1 aromatic carbocycles. The maximum absolute atomic E-state index is 12.3. The summed E-state index contributed by atoms with van der Waals surface area (Å²) in [6.45, 7) is 0. The van der Waals surface area contributed by atoms with Crippen LogP contribution in [0.4, 0.5) is 5.69 Å². The Bertz CT molecular complexity index is 799. The molecule has 0 spiro atoms. The van der Waals surface area contributed by atoms with Gasteiger partial charge in [0, 0.05) is 17.8 Å². The van der Waals surface area contributed by atoms with Crippen LogP contribution < -0.4 is 5.32 Å². The number of benzene rings is 1. The Morgan fingerprint density at radius 1 is 1.12 bits per heavy atom. The highest BCUT2D eigenvalue weighted by atomic mass is 16.4. The van der Waals surface area contributed by atoms with E-state index in [-0.39, 0.29) is 17.7 Å². The summed E-state index contributed by atoms with van der Waals surface area (Å²) in [6, 6.07) is 8.95. The van der Waals surface area contributed by atoms with Crippen LogP contribution in [0.5, 0.6) is 0 Å². The molecule has 1 aromatic heterocycles. The van der Waals surface area contributed by atoms with Gasteiger partial charge < -0.3 is 10.4 Å². The summed E-state index contributed by atoms with van der Waals surface area (Å²) < 4.78 is 0. The number of amides is 1. The third-order valence-corrected chi connectivity index (χ3v) is 4.55. The Morgan fingerprint density at radius 2 is 1.88 bits per heavy atom. The van der Waals surface area contributed by atoms with Gasteiger partial charge in [0.15, 0.2) is 0 Å². The second-order valence-corrected chi connectivity index (χ2v) is 6.44. The number of hydrogen-bond donors (Lipinski definition) is 2. The van der Waals surface area contributed by atoms with Gasteiger partial charge in [0.05, 0.1) is 5.92 Å². The van der Waals surface area contributed by atoms with Crippen LogP contribution in [-0.4, -0.2) is 27.0 Å². The fourth-order valence-corrected chi connectivity index (χ4v) is 2.88. The van der Waals surface area contributed by atoms with Crippen molar-refractivity contribution >= 4 is 17.6 Å². The van der Waals surface area contributed by atoms with Crippen LogP contribution in [0.2, 0.25) is 0 Å². The first-order valence-corrected chi connectivity index (χ1v) is 8.09. The average molecular weight is 323 g/mol. The van der Waals surface area contributed by atoms with Gasteiger partial charge in [-0.2, -0.15) is 0 Å². The molecule has 1 heterocycles. The zero-order valence-corrected chi connectivity index (χ0v) is 13.0.